The molecule has 13 heteroatoms. The van der Waals surface area contributed by atoms with Crippen molar-refractivity contribution in [2.75, 3.05) is 25.0 Å². The number of aliphatic hydroxyl groups excluding tert-OH is 1. The third-order valence-corrected chi connectivity index (χ3v) is 5.75. The number of ketones is 1. The van der Waals surface area contributed by atoms with Crippen molar-refractivity contribution in [3.8, 4) is 11.5 Å². The second kappa shape index (κ2) is 11.9. The van der Waals surface area contributed by atoms with Gasteiger partial charge in [-0.25, -0.2) is 0 Å². The fourth-order valence-electron chi connectivity index (χ4n) is 3.59. The molecule has 2 aromatic rings. The highest BCUT2D eigenvalue weighted by Crippen LogP contribution is 2.38. The Morgan fingerprint density at radius 2 is 1.86 bits per heavy atom. The molecule has 0 bridgehead atoms. The van der Waals surface area contributed by atoms with Crippen LogP contribution in [-0.4, -0.2) is 69.8 Å². The number of carbonyl (C=O) groups excluding carboxylic acids is 2. The summed E-state index contributed by atoms with van der Waals surface area (Å²) in [5, 5.41) is 47.3. The minimum Gasteiger partial charge on any atom is -0.508 e. The second-order valence-corrected chi connectivity index (χ2v) is 9.01. The molecule has 0 spiro atoms. The van der Waals surface area contributed by atoms with Gasteiger partial charge in [0.1, 0.15) is 11.5 Å². The summed E-state index contributed by atoms with van der Waals surface area (Å²) in [4.78, 5) is 40.6. The van der Waals surface area contributed by atoms with Crippen molar-refractivity contribution in [1.82, 2.24) is 10.6 Å². The number of carboxylic acids is 1. The summed E-state index contributed by atoms with van der Waals surface area (Å²) >= 11 is 11.9. The van der Waals surface area contributed by atoms with E-state index in [2.05, 4.69) is 20.9 Å². The van der Waals surface area contributed by atoms with Gasteiger partial charge in [0.15, 0.2) is 11.7 Å². The molecule has 0 aliphatic carbocycles. The van der Waals surface area contributed by atoms with E-state index in [-0.39, 0.29) is 45.6 Å². The minimum atomic E-state index is -1.20. The molecule has 3 rings (SSSR count). The molecule has 2 unspecified atom stereocenters. The van der Waals surface area contributed by atoms with Crippen LogP contribution in [0.1, 0.15) is 34.7 Å². The number of aliphatic imine (C=N–C) groups is 1. The number of aliphatic hydroxyl groups is 1. The van der Waals surface area contributed by atoms with Crippen molar-refractivity contribution in [2.45, 2.75) is 24.9 Å². The lowest BCUT2D eigenvalue weighted by Crippen LogP contribution is -2.42. The number of rotatable bonds is 9. The van der Waals surface area contributed by atoms with Crippen molar-refractivity contribution < 1.29 is 34.8 Å². The number of hydrogen-bond acceptors (Lipinski definition) is 9. The van der Waals surface area contributed by atoms with Gasteiger partial charge in [-0.15, -0.1) is 0 Å². The molecule has 1 aliphatic rings. The first-order valence-corrected chi connectivity index (χ1v) is 11.5. The number of β-amino-alcohol motifs (C(OH)–C–C–N with tert-alkyl or cyclic N) is 1. The van der Waals surface area contributed by atoms with E-state index >= 15 is 0 Å². The Morgan fingerprint density at radius 3 is 2.53 bits per heavy atom. The van der Waals surface area contributed by atoms with Gasteiger partial charge in [-0.3, -0.25) is 19.4 Å². The lowest BCUT2D eigenvalue weighted by molar-refractivity contribution is -0.137. The largest absolute Gasteiger partial charge is 0.508 e. The number of phenolic OH excluding ortho intramolecular Hbond substituents is 2. The first kappa shape index (κ1) is 27.1. The zero-order chi connectivity index (χ0) is 26.4. The van der Waals surface area contributed by atoms with E-state index in [1.54, 1.807) is 0 Å². The van der Waals surface area contributed by atoms with E-state index in [4.69, 9.17) is 23.2 Å². The van der Waals surface area contributed by atoms with Crippen LogP contribution in [0.5, 0.6) is 11.5 Å². The highest BCUT2D eigenvalue weighted by atomic mass is 35.5. The Kier molecular flexibility index (Phi) is 8.97. The lowest BCUT2D eigenvalue weighted by atomic mass is 9.90. The van der Waals surface area contributed by atoms with E-state index in [1.807, 2.05) is 0 Å². The van der Waals surface area contributed by atoms with Crippen LogP contribution in [0.3, 0.4) is 0 Å². The number of Topliss-reactive ketones (excluding diaryl/α,β-unsaturated/α-hetero) is 1. The molecule has 2 atom stereocenters. The first-order chi connectivity index (χ1) is 17.0. The zero-order valence-electron chi connectivity index (χ0n) is 18.8. The summed E-state index contributed by atoms with van der Waals surface area (Å²) in [6.07, 6.45) is -1.38. The molecular weight excluding hydrogens is 515 g/mol. The average molecular weight is 539 g/mol. The normalized spacial score (nSPS) is 15.9. The van der Waals surface area contributed by atoms with Gasteiger partial charge in [0, 0.05) is 46.8 Å². The molecule has 1 heterocycles. The van der Waals surface area contributed by atoms with Gasteiger partial charge in [0.2, 0.25) is 0 Å². The molecule has 0 saturated carbocycles. The zero-order valence-corrected chi connectivity index (χ0v) is 20.3. The lowest BCUT2D eigenvalue weighted by Gasteiger charge is -2.20. The van der Waals surface area contributed by atoms with Gasteiger partial charge in [-0.1, -0.05) is 23.2 Å². The SMILES string of the molecule is O=C(O)CC(CC(=O)CNC(=O)c1cc(O)cc(NC2=NCC(O)CN2)c1)c1cc(Cl)cc(Cl)c1O. The van der Waals surface area contributed by atoms with Crippen LogP contribution in [0, 0.1) is 0 Å². The van der Waals surface area contributed by atoms with Gasteiger partial charge in [0.05, 0.1) is 30.6 Å². The molecule has 0 radical (unpaired) electrons. The van der Waals surface area contributed by atoms with Gasteiger partial charge >= 0.3 is 5.97 Å². The third kappa shape index (κ3) is 7.48. The van der Waals surface area contributed by atoms with Crippen LogP contribution in [-0.2, 0) is 9.59 Å². The van der Waals surface area contributed by atoms with Crippen molar-refractivity contribution >= 4 is 52.5 Å². The van der Waals surface area contributed by atoms with Crippen LogP contribution in [0.4, 0.5) is 5.69 Å². The maximum atomic E-state index is 12.6. The number of nitrogens with zero attached hydrogens (tertiary/aromatic N) is 1. The van der Waals surface area contributed by atoms with Crippen LogP contribution in [0.25, 0.3) is 0 Å². The number of guanidine groups is 1. The van der Waals surface area contributed by atoms with Crippen molar-refractivity contribution in [3.63, 3.8) is 0 Å². The van der Waals surface area contributed by atoms with Gasteiger partial charge in [-0.05, 0) is 24.3 Å². The second-order valence-electron chi connectivity index (χ2n) is 8.16. The number of benzene rings is 2. The first-order valence-electron chi connectivity index (χ1n) is 10.8. The van der Waals surface area contributed by atoms with Gasteiger partial charge < -0.3 is 36.4 Å². The van der Waals surface area contributed by atoms with E-state index in [0.29, 0.717) is 18.2 Å². The molecule has 7 N–H and O–H groups in total. The number of phenols is 2. The number of halogens is 2. The van der Waals surface area contributed by atoms with Crippen LogP contribution in [0.2, 0.25) is 10.0 Å². The molecule has 0 saturated heterocycles. The fraction of sp³-hybridized carbons (Fsp3) is 0.304. The Balaban J connectivity index is 1.66. The topological polar surface area (TPSA) is 181 Å². The van der Waals surface area contributed by atoms with Crippen molar-refractivity contribution in [3.05, 3.63) is 51.5 Å². The number of amides is 1. The predicted molar refractivity (Wildman–Crippen MR) is 133 cm³/mol. The highest BCUT2D eigenvalue weighted by molar-refractivity contribution is 6.35. The monoisotopic (exact) mass is 538 g/mol. The maximum absolute atomic E-state index is 12.6. The highest BCUT2D eigenvalue weighted by Gasteiger charge is 2.24. The Hall–Kier alpha value is -3.54. The minimum absolute atomic E-state index is 0.0584. The molecule has 11 nitrogen and oxygen atoms in total. The standard InChI is InChI=1S/C23H24Cl2N4O7/c24-13-5-18(21(35)19(25)6-13)11(4-20(33)34)2-16(31)8-26-22(36)12-1-14(7-15(30)3-12)29-23-27-9-17(32)10-28-23/h1,3,5-7,11,17,30,32,35H,2,4,8-10H2,(H,26,36)(H,33,34)(H2,27,28,29). The number of aliphatic carboxylic acids is 1. The smallest absolute Gasteiger partial charge is 0.303 e. The molecule has 1 aliphatic heterocycles. The molecule has 1 amide bonds. The van der Waals surface area contributed by atoms with Crippen LogP contribution < -0.4 is 16.0 Å². The van der Waals surface area contributed by atoms with Crippen molar-refractivity contribution in [1.29, 1.82) is 0 Å². The Morgan fingerprint density at radius 1 is 1.11 bits per heavy atom. The number of carboxylic acid groups (broad SMARTS) is 1. The number of aromatic hydroxyl groups is 2. The van der Waals surface area contributed by atoms with Crippen molar-refractivity contribution in [2.24, 2.45) is 4.99 Å². The summed E-state index contributed by atoms with van der Waals surface area (Å²) in [6, 6.07) is 6.66. The number of carbonyl (C=O) groups is 3. The Labute approximate surface area is 215 Å². The summed E-state index contributed by atoms with van der Waals surface area (Å²) in [7, 11) is 0. The molecule has 36 heavy (non-hydrogen) atoms. The van der Waals surface area contributed by atoms with E-state index in [9.17, 15) is 34.8 Å². The maximum Gasteiger partial charge on any atom is 0.303 e. The van der Waals surface area contributed by atoms with E-state index in [0.717, 1.165) is 0 Å². The molecule has 2 aromatic carbocycles. The Bertz CT molecular complexity index is 1210. The summed E-state index contributed by atoms with van der Waals surface area (Å²) in [5.41, 5.74) is 0.525. The molecule has 192 valence electrons. The number of anilines is 1. The van der Waals surface area contributed by atoms with Gasteiger partial charge in [0.25, 0.3) is 5.91 Å². The van der Waals surface area contributed by atoms with Crippen LogP contribution >= 0.6 is 23.2 Å². The number of nitrogens with one attached hydrogen (secondary N) is 3. The van der Waals surface area contributed by atoms with E-state index in [1.165, 1.54) is 30.3 Å². The molecular formula is C23H24Cl2N4O7. The van der Waals surface area contributed by atoms with Gasteiger partial charge in [-0.2, -0.15) is 0 Å². The quantitative estimate of drug-likeness (QED) is 0.251. The summed E-state index contributed by atoms with van der Waals surface area (Å²) in [6.45, 7) is 0.0718. The molecule has 0 aromatic heterocycles. The summed E-state index contributed by atoms with van der Waals surface area (Å²) in [5.74, 6) is -3.48. The van der Waals surface area contributed by atoms with E-state index < -0.39 is 42.6 Å². The average Bonchev–Trinajstić information content (AvgIpc) is 2.80. The van der Waals surface area contributed by atoms with Crippen LogP contribution in [0.15, 0.2) is 35.3 Å². The summed E-state index contributed by atoms with van der Waals surface area (Å²) < 4.78 is 0. The fourth-order valence-corrected chi connectivity index (χ4v) is 4.10. The number of hydrogen-bond donors (Lipinski definition) is 7. The molecule has 0 fully saturated rings. The predicted octanol–water partition coefficient (Wildman–Crippen LogP) is 2.08. The third-order valence-electron chi connectivity index (χ3n) is 5.25.